The number of aliphatic hydroxyl groups excluding tert-OH is 1. The van der Waals surface area contributed by atoms with E-state index in [2.05, 4.69) is 23.6 Å². The van der Waals surface area contributed by atoms with E-state index in [4.69, 9.17) is 10.8 Å². The first-order chi connectivity index (χ1) is 7.65. The van der Waals surface area contributed by atoms with Gasteiger partial charge >= 0.3 is 0 Å². The van der Waals surface area contributed by atoms with E-state index in [-0.39, 0.29) is 0 Å². The highest BCUT2D eigenvalue weighted by Crippen LogP contribution is 2.07. The van der Waals surface area contributed by atoms with Gasteiger partial charge in [-0.15, -0.1) is 0 Å². The van der Waals surface area contributed by atoms with Gasteiger partial charge in [0.1, 0.15) is 0 Å². The Balaban J connectivity index is 2.18. The van der Waals surface area contributed by atoms with Crippen LogP contribution in [0.5, 0.6) is 0 Å². The number of nitrogens with two attached hydrogens (primary N) is 1. The van der Waals surface area contributed by atoms with Crippen LogP contribution in [0.1, 0.15) is 13.8 Å². The average Bonchev–Trinajstić information content (AvgIpc) is 2.31. The van der Waals surface area contributed by atoms with E-state index in [1.54, 1.807) is 0 Å². The predicted octanol–water partition coefficient (Wildman–Crippen LogP) is -0.173. The fourth-order valence-electron chi connectivity index (χ4n) is 2.17. The van der Waals surface area contributed by atoms with Crippen LogP contribution in [0, 0.1) is 11.8 Å². The van der Waals surface area contributed by atoms with Gasteiger partial charge in [0.25, 0.3) is 0 Å². The average molecular weight is 229 g/mol. The Bertz CT molecular complexity index is 161. The lowest BCUT2D eigenvalue weighted by molar-refractivity contribution is 0.0976. The van der Waals surface area contributed by atoms with Crippen LogP contribution in [0.2, 0.25) is 0 Å². The molecule has 0 radical (unpaired) electrons. The summed E-state index contributed by atoms with van der Waals surface area (Å²) in [7, 11) is 0. The molecule has 1 saturated heterocycles. The van der Waals surface area contributed by atoms with Crippen molar-refractivity contribution in [1.82, 2.24) is 9.80 Å². The van der Waals surface area contributed by atoms with Gasteiger partial charge in [-0.3, -0.25) is 0 Å². The maximum absolute atomic E-state index is 9.02. The maximum atomic E-state index is 9.02. The van der Waals surface area contributed by atoms with E-state index in [9.17, 15) is 0 Å². The summed E-state index contributed by atoms with van der Waals surface area (Å²) in [4.78, 5) is 4.95. The van der Waals surface area contributed by atoms with Crippen molar-refractivity contribution in [2.45, 2.75) is 13.8 Å². The molecule has 0 aromatic heterocycles. The highest BCUT2D eigenvalue weighted by Gasteiger charge is 2.19. The normalized spacial score (nSPS) is 23.2. The molecular formula is C12H27N3O. The molecule has 0 saturated carbocycles. The van der Waals surface area contributed by atoms with Crippen molar-refractivity contribution in [3.63, 3.8) is 0 Å². The summed E-state index contributed by atoms with van der Waals surface area (Å²) in [6.45, 7) is 12.1. The second-order valence-corrected chi connectivity index (χ2v) is 5.23. The second kappa shape index (κ2) is 7.22. The molecule has 2 unspecified atom stereocenters. The molecule has 1 aliphatic rings. The van der Waals surface area contributed by atoms with Crippen molar-refractivity contribution in [2.24, 2.45) is 17.6 Å². The van der Waals surface area contributed by atoms with Gasteiger partial charge in [-0.2, -0.15) is 0 Å². The largest absolute Gasteiger partial charge is 0.396 e. The summed E-state index contributed by atoms with van der Waals surface area (Å²) in [6.07, 6.45) is 0. The zero-order valence-corrected chi connectivity index (χ0v) is 10.7. The molecule has 0 aromatic rings. The van der Waals surface area contributed by atoms with Crippen molar-refractivity contribution in [3.05, 3.63) is 0 Å². The minimum atomic E-state index is 0.296. The van der Waals surface area contributed by atoms with Crippen molar-refractivity contribution in [3.8, 4) is 0 Å². The van der Waals surface area contributed by atoms with Crippen LogP contribution in [0.3, 0.4) is 0 Å². The van der Waals surface area contributed by atoms with Gasteiger partial charge in [0.05, 0.1) is 0 Å². The van der Waals surface area contributed by atoms with Crippen molar-refractivity contribution >= 4 is 0 Å². The van der Waals surface area contributed by atoms with Crippen molar-refractivity contribution < 1.29 is 5.11 Å². The Morgan fingerprint density at radius 3 is 1.81 bits per heavy atom. The minimum absolute atomic E-state index is 0.296. The van der Waals surface area contributed by atoms with E-state index in [1.165, 1.54) is 0 Å². The molecule has 1 fully saturated rings. The maximum Gasteiger partial charge on any atom is 0.0468 e. The van der Waals surface area contributed by atoms with E-state index < -0.39 is 0 Å². The van der Waals surface area contributed by atoms with Crippen LogP contribution in [0.25, 0.3) is 0 Å². The number of hydrogen-bond acceptors (Lipinski definition) is 4. The third-order valence-corrected chi connectivity index (χ3v) is 3.32. The summed E-state index contributed by atoms with van der Waals surface area (Å²) in [5.41, 5.74) is 5.64. The van der Waals surface area contributed by atoms with Gasteiger partial charge in [0.2, 0.25) is 0 Å². The molecule has 4 nitrogen and oxygen atoms in total. The van der Waals surface area contributed by atoms with Gasteiger partial charge < -0.3 is 20.6 Å². The van der Waals surface area contributed by atoms with Crippen LogP contribution in [0.4, 0.5) is 0 Å². The highest BCUT2D eigenvalue weighted by molar-refractivity contribution is 4.74. The molecule has 0 spiro atoms. The van der Waals surface area contributed by atoms with E-state index in [0.717, 1.165) is 45.8 Å². The molecule has 2 atom stereocenters. The molecular weight excluding hydrogens is 202 g/mol. The molecule has 1 aliphatic heterocycles. The van der Waals surface area contributed by atoms with Gasteiger partial charge in [0.15, 0.2) is 0 Å². The van der Waals surface area contributed by atoms with E-state index in [1.807, 2.05) is 0 Å². The molecule has 1 heterocycles. The molecule has 3 N–H and O–H groups in total. The lowest BCUT2D eigenvalue weighted by Crippen LogP contribution is -2.49. The molecule has 96 valence electrons. The third kappa shape index (κ3) is 4.78. The number of nitrogens with zero attached hydrogens (tertiary/aromatic N) is 2. The summed E-state index contributed by atoms with van der Waals surface area (Å²) < 4.78 is 0. The van der Waals surface area contributed by atoms with Crippen LogP contribution >= 0.6 is 0 Å². The Kier molecular flexibility index (Phi) is 6.28. The first kappa shape index (κ1) is 13.9. The molecule has 0 amide bonds. The number of rotatable bonds is 6. The fourth-order valence-corrected chi connectivity index (χ4v) is 2.17. The van der Waals surface area contributed by atoms with Crippen LogP contribution in [-0.4, -0.2) is 67.3 Å². The number of piperazine rings is 1. The molecule has 0 aromatic carbocycles. The molecule has 4 heteroatoms. The highest BCUT2D eigenvalue weighted by atomic mass is 16.3. The SMILES string of the molecule is CC(CN)CN1CCN(CC(C)CO)CC1. The summed E-state index contributed by atoms with van der Waals surface area (Å²) in [5.74, 6) is 0.998. The topological polar surface area (TPSA) is 52.7 Å². The van der Waals surface area contributed by atoms with Crippen molar-refractivity contribution in [1.29, 1.82) is 0 Å². The zero-order chi connectivity index (χ0) is 12.0. The predicted molar refractivity (Wildman–Crippen MR) is 67.3 cm³/mol. The van der Waals surface area contributed by atoms with E-state index >= 15 is 0 Å². The molecule has 16 heavy (non-hydrogen) atoms. The standard InChI is InChI=1S/C12H27N3O/c1-11(7-13)8-14-3-5-15(6-4-14)9-12(2)10-16/h11-12,16H,3-10,13H2,1-2H3. The monoisotopic (exact) mass is 229 g/mol. The minimum Gasteiger partial charge on any atom is -0.396 e. The third-order valence-electron chi connectivity index (χ3n) is 3.32. The summed E-state index contributed by atoms with van der Waals surface area (Å²) in [5, 5.41) is 9.02. The first-order valence-corrected chi connectivity index (χ1v) is 6.41. The number of aliphatic hydroxyl groups is 1. The lowest BCUT2D eigenvalue weighted by Gasteiger charge is -2.36. The fraction of sp³-hybridized carbons (Fsp3) is 1.00. The summed E-state index contributed by atoms with van der Waals surface area (Å²) >= 11 is 0. The molecule has 1 rings (SSSR count). The summed E-state index contributed by atoms with van der Waals surface area (Å²) in [6, 6.07) is 0. The first-order valence-electron chi connectivity index (χ1n) is 6.41. The van der Waals surface area contributed by atoms with Gasteiger partial charge in [-0.05, 0) is 18.4 Å². The Morgan fingerprint density at radius 2 is 1.44 bits per heavy atom. The Labute approximate surface area is 99.4 Å². The van der Waals surface area contributed by atoms with Gasteiger partial charge in [-0.25, -0.2) is 0 Å². The van der Waals surface area contributed by atoms with Crippen LogP contribution in [0.15, 0.2) is 0 Å². The molecule has 0 aliphatic carbocycles. The molecule has 0 bridgehead atoms. The Hall–Kier alpha value is -0.160. The van der Waals surface area contributed by atoms with Crippen LogP contribution < -0.4 is 5.73 Å². The lowest BCUT2D eigenvalue weighted by atomic mass is 10.1. The van der Waals surface area contributed by atoms with Gasteiger partial charge in [-0.1, -0.05) is 13.8 Å². The Morgan fingerprint density at radius 1 is 1.00 bits per heavy atom. The zero-order valence-electron chi connectivity index (χ0n) is 10.7. The smallest absolute Gasteiger partial charge is 0.0468 e. The second-order valence-electron chi connectivity index (χ2n) is 5.23. The number of hydrogen-bond donors (Lipinski definition) is 2. The van der Waals surface area contributed by atoms with Crippen LogP contribution in [-0.2, 0) is 0 Å². The quantitative estimate of drug-likeness (QED) is 0.664. The van der Waals surface area contributed by atoms with Crippen molar-refractivity contribution in [2.75, 3.05) is 52.4 Å². The van der Waals surface area contributed by atoms with E-state index in [0.29, 0.717) is 18.4 Å². The van der Waals surface area contributed by atoms with Gasteiger partial charge in [0, 0.05) is 45.9 Å².